The molecular formula is C18H18BrClN2O3S. The Morgan fingerprint density at radius 1 is 1.31 bits per heavy atom. The van der Waals surface area contributed by atoms with Crippen molar-refractivity contribution in [3.05, 3.63) is 62.6 Å². The van der Waals surface area contributed by atoms with Crippen LogP contribution in [0, 0.1) is 0 Å². The number of carbonyl (C=O) groups excluding carboxylic acids is 1. The van der Waals surface area contributed by atoms with Crippen LogP contribution in [0.1, 0.15) is 28.4 Å². The summed E-state index contributed by atoms with van der Waals surface area (Å²) in [7, 11) is -3.34. The van der Waals surface area contributed by atoms with Crippen LogP contribution in [0.15, 0.2) is 40.9 Å². The van der Waals surface area contributed by atoms with Gasteiger partial charge >= 0.3 is 0 Å². The van der Waals surface area contributed by atoms with Gasteiger partial charge in [0.25, 0.3) is 5.91 Å². The minimum Gasteiger partial charge on any atom is -0.348 e. The normalized spacial score (nSPS) is 16.5. The highest BCUT2D eigenvalue weighted by Crippen LogP contribution is 2.34. The molecule has 1 aliphatic rings. The lowest BCUT2D eigenvalue weighted by Gasteiger charge is -2.21. The Kier molecular flexibility index (Phi) is 5.33. The SMILES string of the molecule is CC1Cc2cc(C(=O)NCc3ccc(Br)cc3Cl)ccc2N1S(C)(=O)=O. The zero-order valence-corrected chi connectivity index (χ0v) is 17.5. The Labute approximate surface area is 166 Å². The Balaban J connectivity index is 1.77. The zero-order chi connectivity index (χ0) is 19.1. The lowest BCUT2D eigenvalue weighted by Crippen LogP contribution is -2.34. The minimum absolute atomic E-state index is 0.153. The van der Waals surface area contributed by atoms with Crippen molar-refractivity contribution in [2.45, 2.75) is 25.9 Å². The molecule has 1 aliphatic heterocycles. The Bertz CT molecular complexity index is 978. The van der Waals surface area contributed by atoms with Crippen LogP contribution in [-0.4, -0.2) is 26.6 Å². The molecule has 1 unspecified atom stereocenters. The molecule has 1 heterocycles. The van der Waals surface area contributed by atoms with Crippen molar-refractivity contribution < 1.29 is 13.2 Å². The van der Waals surface area contributed by atoms with Crippen LogP contribution in [0.2, 0.25) is 5.02 Å². The second kappa shape index (κ2) is 7.21. The molecule has 2 aromatic carbocycles. The molecule has 3 rings (SSSR count). The van der Waals surface area contributed by atoms with Crippen molar-refractivity contribution in [1.82, 2.24) is 5.32 Å². The van der Waals surface area contributed by atoms with Gasteiger partial charge in [-0.15, -0.1) is 0 Å². The van der Waals surface area contributed by atoms with E-state index in [2.05, 4.69) is 21.2 Å². The third-order valence-electron chi connectivity index (χ3n) is 4.31. The summed E-state index contributed by atoms with van der Waals surface area (Å²) >= 11 is 9.51. The summed E-state index contributed by atoms with van der Waals surface area (Å²) < 4.78 is 26.2. The Hall–Kier alpha value is -1.57. The number of carbonyl (C=O) groups is 1. The van der Waals surface area contributed by atoms with Crippen LogP contribution in [0.25, 0.3) is 0 Å². The summed E-state index contributed by atoms with van der Waals surface area (Å²) in [5.74, 6) is -0.225. The van der Waals surface area contributed by atoms with Gasteiger partial charge in [-0.3, -0.25) is 9.10 Å². The van der Waals surface area contributed by atoms with Crippen molar-refractivity contribution in [2.75, 3.05) is 10.6 Å². The maximum Gasteiger partial charge on any atom is 0.251 e. The van der Waals surface area contributed by atoms with Gasteiger partial charge in [0.05, 0.1) is 11.9 Å². The van der Waals surface area contributed by atoms with Gasteiger partial charge in [-0.1, -0.05) is 33.6 Å². The van der Waals surface area contributed by atoms with Gasteiger partial charge in [-0.25, -0.2) is 8.42 Å². The third kappa shape index (κ3) is 3.89. The van der Waals surface area contributed by atoms with E-state index >= 15 is 0 Å². The van der Waals surface area contributed by atoms with E-state index in [1.54, 1.807) is 24.3 Å². The first-order valence-electron chi connectivity index (χ1n) is 8.01. The molecule has 0 saturated heterocycles. The fraction of sp³-hybridized carbons (Fsp3) is 0.278. The largest absolute Gasteiger partial charge is 0.348 e. The molecule has 0 aromatic heterocycles. The standard InChI is InChI=1S/C18H18BrClN2O3S/c1-11-7-14-8-12(4-6-17(14)22(11)26(2,24)25)18(23)21-10-13-3-5-15(19)9-16(13)20/h3-6,8-9,11H,7,10H2,1-2H3,(H,21,23). The lowest BCUT2D eigenvalue weighted by atomic mass is 10.1. The fourth-order valence-electron chi connectivity index (χ4n) is 3.19. The average molecular weight is 458 g/mol. The first kappa shape index (κ1) is 19.2. The molecule has 138 valence electrons. The van der Waals surface area contributed by atoms with Gasteiger partial charge in [-0.05, 0) is 54.8 Å². The molecule has 0 bridgehead atoms. The Morgan fingerprint density at radius 2 is 2.04 bits per heavy atom. The van der Waals surface area contributed by atoms with Crippen LogP contribution in [-0.2, 0) is 23.0 Å². The summed E-state index contributed by atoms with van der Waals surface area (Å²) in [6.07, 6.45) is 1.78. The van der Waals surface area contributed by atoms with Crippen LogP contribution in [0.3, 0.4) is 0 Å². The van der Waals surface area contributed by atoms with E-state index in [0.717, 1.165) is 15.6 Å². The van der Waals surface area contributed by atoms with E-state index in [4.69, 9.17) is 11.6 Å². The van der Waals surface area contributed by atoms with Crippen molar-refractivity contribution in [2.24, 2.45) is 0 Å². The van der Waals surface area contributed by atoms with Crippen molar-refractivity contribution >= 4 is 49.1 Å². The molecular weight excluding hydrogens is 440 g/mol. The quantitative estimate of drug-likeness (QED) is 0.760. The molecule has 0 saturated carbocycles. The highest BCUT2D eigenvalue weighted by atomic mass is 79.9. The number of benzene rings is 2. The summed E-state index contributed by atoms with van der Waals surface area (Å²) in [6, 6.07) is 10.4. The van der Waals surface area contributed by atoms with E-state index in [1.807, 2.05) is 19.1 Å². The first-order chi connectivity index (χ1) is 12.2. The van der Waals surface area contributed by atoms with E-state index in [9.17, 15) is 13.2 Å². The number of fused-ring (bicyclic) bond motifs is 1. The van der Waals surface area contributed by atoms with E-state index in [1.165, 1.54) is 10.6 Å². The van der Waals surface area contributed by atoms with Gasteiger partial charge in [0.2, 0.25) is 10.0 Å². The van der Waals surface area contributed by atoms with E-state index in [-0.39, 0.29) is 11.9 Å². The molecule has 8 heteroatoms. The zero-order valence-electron chi connectivity index (χ0n) is 14.3. The number of amides is 1. The number of nitrogens with zero attached hydrogens (tertiary/aromatic N) is 1. The predicted molar refractivity (Wildman–Crippen MR) is 107 cm³/mol. The molecule has 0 fully saturated rings. The summed E-state index contributed by atoms with van der Waals surface area (Å²) in [5, 5.41) is 3.42. The molecule has 1 amide bonds. The van der Waals surface area contributed by atoms with Gasteiger partial charge in [0, 0.05) is 27.6 Å². The van der Waals surface area contributed by atoms with Crippen molar-refractivity contribution in [1.29, 1.82) is 0 Å². The average Bonchev–Trinajstić information content (AvgIpc) is 2.88. The number of nitrogens with one attached hydrogen (secondary N) is 1. The van der Waals surface area contributed by atoms with Gasteiger partial charge in [0.15, 0.2) is 0 Å². The van der Waals surface area contributed by atoms with Gasteiger partial charge in [-0.2, -0.15) is 0 Å². The second-order valence-electron chi connectivity index (χ2n) is 6.37. The first-order valence-corrected chi connectivity index (χ1v) is 11.0. The highest BCUT2D eigenvalue weighted by Gasteiger charge is 2.32. The summed E-state index contributed by atoms with van der Waals surface area (Å²) in [4.78, 5) is 12.5. The summed E-state index contributed by atoms with van der Waals surface area (Å²) in [6.45, 7) is 2.17. The van der Waals surface area contributed by atoms with Gasteiger partial charge < -0.3 is 5.32 Å². The number of halogens is 2. The van der Waals surface area contributed by atoms with Crippen LogP contribution in [0.4, 0.5) is 5.69 Å². The Morgan fingerprint density at radius 3 is 2.69 bits per heavy atom. The van der Waals surface area contributed by atoms with Crippen LogP contribution in [0.5, 0.6) is 0 Å². The molecule has 5 nitrogen and oxygen atoms in total. The molecule has 2 aromatic rings. The molecule has 26 heavy (non-hydrogen) atoms. The number of hydrogen-bond acceptors (Lipinski definition) is 3. The van der Waals surface area contributed by atoms with Crippen LogP contribution < -0.4 is 9.62 Å². The van der Waals surface area contributed by atoms with Gasteiger partial charge in [0.1, 0.15) is 0 Å². The molecule has 1 N–H and O–H groups in total. The van der Waals surface area contributed by atoms with Crippen molar-refractivity contribution in [3.63, 3.8) is 0 Å². The van der Waals surface area contributed by atoms with Crippen LogP contribution >= 0.6 is 27.5 Å². The fourth-order valence-corrected chi connectivity index (χ4v) is 5.20. The predicted octanol–water partition coefficient (Wildman–Crippen LogP) is 3.74. The number of anilines is 1. The molecule has 0 spiro atoms. The number of hydrogen-bond donors (Lipinski definition) is 1. The smallest absolute Gasteiger partial charge is 0.251 e. The van der Waals surface area contributed by atoms with E-state index < -0.39 is 10.0 Å². The molecule has 0 radical (unpaired) electrons. The lowest BCUT2D eigenvalue weighted by molar-refractivity contribution is 0.0951. The second-order valence-corrected chi connectivity index (χ2v) is 9.56. The maximum absolute atomic E-state index is 12.5. The third-order valence-corrected chi connectivity index (χ3v) is 6.42. The minimum atomic E-state index is -3.34. The maximum atomic E-state index is 12.5. The van der Waals surface area contributed by atoms with E-state index in [0.29, 0.717) is 29.2 Å². The summed E-state index contributed by atoms with van der Waals surface area (Å²) in [5.41, 5.74) is 2.82. The number of sulfonamides is 1. The molecule has 1 atom stereocenters. The highest BCUT2D eigenvalue weighted by molar-refractivity contribution is 9.10. The van der Waals surface area contributed by atoms with Crippen molar-refractivity contribution in [3.8, 4) is 0 Å². The molecule has 0 aliphatic carbocycles. The number of rotatable bonds is 4. The topological polar surface area (TPSA) is 66.5 Å². The monoisotopic (exact) mass is 456 g/mol.